The molecule has 1 aromatic carbocycles. The molecule has 0 radical (unpaired) electrons. The van der Waals surface area contributed by atoms with Crippen LogP contribution in [0.3, 0.4) is 0 Å². The van der Waals surface area contributed by atoms with E-state index in [1.807, 2.05) is 0 Å². The number of nitrogens with one attached hydrogen (secondary N) is 1. The highest BCUT2D eigenvalue weighted by Crippen LogP contribution is 2.29. The summed E-state index contributed by atoms with van der Waals surface area (Å²) in [5, 5.41) is 0. The molecule has 3 nitrogen and oxygen atoms in total. The third-order valence-corrected chi connectivity index (χ3v) is 2.72. The van der Waals surface area contributed by atoms with E-state index in [4.69, 9.17) is 5.73 Å². The van der Waals surface area contributed by atoms with Gasteiger partial charge in [-0.2, -0.15) is 13.2 Å². The lowest BCUT2D eigenvalue weighted by molar-refractivity contribution is -0.137. The first kappa shape index (κ1) is 13.6. The second-order valence-electron chi connectivity index (χ2n) is 4.27. The van der Waals surface area contributed by atoms with E-state index in [-0.39, 0.29) is 0 Å². The monoisotopic (exact) mass is 269 g/mol. The van der Waals surface area contributed by atoms with Crippen molar-refractivity contribution in [2.45, 2.75) is 19.0 Å². The molecule has 1 heterocycles. The highest BCUT2D eigenvalue weighted by Gasteiger charge is 2.30. The Balaban J connectivity index is 2.14. The number of hydrogen-bond acceptors (Lipinski definition) is 2. The number of alkyl halides is 3. The molecule has 0 amide bonds. The molecule has 19 heavy (non-hydrogen) atoms. The number of halogens is 3. The molecule has 3 N–H and O–H groups in total. The number of benzene rings is 1. The maximum atomic E-state index is 12.6. The average molecular weight is 269 g/mol. The van der Waals surface area contributed by atoms with Crippen LogP contribution in [0.4, 0.5) is 13.2 Å². The van der Waals surface area contributed by atoms with E-state index in [1.54, 1.807) is 12.3 Å². The van der Waals surface area contributed by atoms with Crippen molar-refractivity contribution in [2.24, 2.45) is 5.73 Å². The van der Waals surface area contributed by atoms with E-state index >= 15 is 0 Å². The smallest absolute Gasteiger partial charge is 0.346 e. The Labute approximate surface area is 108 Å². The summed E-state index contributed by atoms with van der Waals surface area (Å²) in [6.07, 6.45) is -1.64. The van der Waals surface area contributed by atoms with Gasteiger partial charge in [-0.1, -0.05) is 18.2 Å². The van der Waals surface area contributed by atoms with Crippen LogP contribution < -0.4 is 5.73 Å². The lowest BCUT2D eigenvalue weighted by atomic mass is 10.1. The predicted molar refractivity (Wildman–Crippen MR) is 65.6 cm³/mol. The zero-order chi connectivity index (χ0) is 13.9. The van der Waals surface area contributed by atoms with Gasteiger partial charge in [0.05, 0.1) is 5.56 Å². The molecule has 0 fully saturated rings. The second kappa shape index (κ2) is 5.44. The first-order valence-corrected chi connectivity index (χ1v) is 5.88. The van der Waals surface area contributed by atoms with Crippen LogP contribution in [0, 0.1) is 0 Å². The van der Waals surface area contributed by atoms with E-state index in [0.29, 0.717) is 30.8 Å². The minimum absolute atomic E-state index is 0.342. The van der Waals surface area contributed by atoms with Gasteiger partial charge in [-0.25, -0.2) is 4.98 Å². The molecule has 0 saturated carbocycles. The van der Waals surface area contributed by atoms with E-state index in [0.717, 1.165) is 17.8 Å². The van der Waals surface area contributed by atoms with E-state index in [2.05, 4.69) is 9.97 Å². The van der Waals surface area contributed by atoms with Crippen LogP contribution in [0.5, 0.6) is 0 Å². The fourth-order valence-corrected chi connectivity index (χ4v) is 1.83. The number of imidazole rings is 1. The average Bonchev–Trinajstić information content (AvgIpc) is 2.76. The number of hydrogen-bond donors (Lipinski definition) is 2. The number of rotatable bonds is 4. The first-order valence-electron chi connectivity index (χ1n) is 5.88. The molecule has 0 atom stereocenters. The van der Waals surface area contributed by atoms with E-state index < -0.39 is 11.7 Å². The Bertz CT molecular complexity index is 546. The molecule has 2 rings (SSSR count). The van der Waals surface area contributed by atoms with Gasteiger partial charge in [-0.3, -0.25) is 0 Å². The van der Waals surface area contributed by atoms with Crippen LogP contribution in [0.25, 0.3) is 0 Å². The fraction of sp³-hybridized carbons (Fsp3) is 0.308. The molecule has 0 spiro atoms. The largest absolute Gasteiger partial charge is 0.416 e. The maximum absolute atomic E-state index is 12.6. The summed E-state index contributed by atoms with van der Waals surface area (Å²) in [6.45, 7) is 0.505. The van der Waals surface area contributed by atoms with Crippen LogP contribution in [-0.2, 0) is 19.0 Å². The van der Waals surface area contributed by atoms with Crippen molar-refractivity contribution in [3.8, 4) is 0 Å². The Morgan fingerprint density at radius 3 is 2.74 bits per heavy atom. The second-order valence-corrected chi connectivity index (χ2v) is 4.27. The van der Waals surface area contributed by atoms with Crippen molar-refractivity contribution in [1.82, 2.24) is 9.97 Å². The number of H-pyrrole nitrogens is 1. The SMILES string of the molecule is NCCc1cnc(Cc2cccc(C(F)(F)F)c2)[nH]1. The van der Waals surface area contributed by atoms with Crippen molar-refractivity contribution >= 4 is 0 Å². The van der Waals surface area contributed by atoms with Gasteiger partial charge >= 0.3 is 6.18 Å². The van der Waals surface area contributed by atoms with Gasteiger partial charge in [-0.05, 0) is 18.2 Å². The highest BCUT2D eigenvalue weighted by molar-refractivity contribution is 5.27. The molecule has 0 unspecified atom stereocenters. The summed E-state index contributed by atoms with van der Waals surface area (Å²) in [7, 11) is 0. The maximum Gasteiger partial charge on any atom is 0.416 e. The predicted octanol–water partition coefficient (Wildman–Crippen LogP) is 2.52. The molecule has 0 aliphatic rings. The lowest BCUT2D eigenvalue weighted by Crippen LogP contribution is -2.05. The van der Waals surface area contributed by atoms with Gasteiger partial charge in [0.25, 0.3) is 0 Å². The highest BCUT2D eigenvalue weighted by atomic mass is 19.4. The molecule has 0 bridgehead atoms. The van der Waals surface area contributed by atoms with Gasteiger partial charge < -0.3 is 10.7 Å². The molecule has 6 heteroatoms. The summed E-state index contributed by atoms with van der Waals surface area (Å²) < 4.78 is 37.7. The Hall–Kier alpha value is -1.82. The van der Waals surface area contributed by atoms with Crippen molar-refractivity contribution in [3.63, 3.8) is 0 Å². The molecule has 102 valence electrons. The molecular formula is C13H14F3N3. The third-order valence-electron chi connectivity index (χ3n) is 2.72. The van der Waals surface area contributed by atoms with Crippen LogP contribution >= 0.6 is 0 Å². The van der Waals surface area contributed by atoms with E-state index in [1.165, 1.54) is 6.07 Å². The molecule has 1 aromatic heterocycles. The van der Waals surface area contributed by atoms with Crippen LogP contribution in [0.2, 0.25) is 0 Å². The summed E-state index contributed by atoms with van der Waals surface area (Å²) in [6, 6.07) is 5.26. The topological polar surface area (TPSA) is 54.7 Å². The van der Waals surface area contributed by atoms with Crippen LogP contribution in [0.1, 0.15) is 22.6 Å². The normalized spacial score (nSPS) is 11.8. The minimum Gasteiger partial charge on any atom is -0.346 e. The van der Waals surface area contributed by atoms with Crippen LogP contribution in [-0.4, -0.2) is 16.5 Å². The lowest BCUT2D eigenvalue weighted by Gasteiger charge is -2.07. The van der Waals surface area contributed by atoms with Gasteiger partial charge in [-0.15, -0.1) is 0 Å². The van der Waals surface area contributed by atoms with Crippen molar-refractivity contribution in [2.75, 3.05) is 6.54 Å². The molecule has 0 aliphatic carbocycles. The number of nitrogens with two attached hydrogens (primary N) is 1. The molecule has 0 saturated heterocycles. The number of nitrogens with zero attached hydrogens (tertiary/aromatic N) is 1. The van der Waals surface area contributed by atoms with Gasteiger partial charge in [0, 0.05) is 24.7 Å². The summed E-state index contributed by atoms with van der Waals surface area (Å²) >= 11 is 0. The summed E-state index contributed by atoms with van der Waals surface area (Å²) in [5.74, 6) is 0.641. The minimum atomic E-state index is -4.32. The van der Waals surface area contributed by atoms with Crippen molar-refractivity contribution in [1.29, 1.82) is 0 Å². The third kappa shape index (κ3) is 3.57. The van der Waals surface area contributed by atoms with Crippen molar-refractivity contribution in [3.05, 3.63) is 53.1 Å². The Morgan fingerprint density at radius 2 is 2.05 bits per heavy atom. The number of aromatic nitrogens is 2. The molecule has 2 aromatic rings. The summed E-state index contributed by atoms with van der Waals surface area (Å²) in [4.78, 5) is 7.18. The van der Waals surface area contributed by atoms with Gasteiger partial charge in [0.1, 0.15) is 5.82 Å². The zero-order valence-electron chi connectivity index (χ0n) is 10.2. The van der Waals surface area contributed by atoms with Crippen LogP contribution in [0.15, 0.2) is 30.5 Å². The fourth-order valence-electron chi connectivity index (χ4n) is 1.83. The van der Waals surface area contributed by atoms with Gasteiger partial charge in [0.2, 0.25) is 0 Å². The Morgan fingerprint density at radius 1 is 1.26 bits per heavy atom. The molecule has 0 aliphatic heterocycles. The molecular weight excluding hydrogens is 255 g/mol. The number of aromatic amines is 1. The van der Waals surface area contributed by atoms with Crippen molar-refractivity contribution < 1.29 is 13.2 Å². The Kier molecular flexibility index (Phi) is 3.90. The van der Waals surface area contributed by atoms with E-state index in [9.17, 15) is 13.2 Å². The first-order chi connectivity index (χ1) is 8.99. The summed E-state index contributed by atoms with van der Waals surface area (Å²) in [5.41, 5.74) is 6.24. The quantitative estimate of drug-likeness (QED) is 0.896. The zero-order valence-corrected chi connectivity index (χ0v) is 10.2. The standard InChI is InChI=1S/C13H14F3N3/c14-13(15,16)10-3-1-2-9(6-10)7-12-18-8-11(19-12)4-5-17/h1-3,6,8H,4-5,7,17H2,(H,18,19). The van der Waals surface area contributed by atoms with Gasteiger partial charge in [0.15, 0.2) is 0 Å².